The van der Waals surface area contributed by atoms with E-state index in [1.807, 2.05) is 0 Å². The smallest absolute Gasteiger partial charge is 0.230 e. The highest BCUT2D eigenvalue weighted by Crippen LogP contribution is 2.30. The number of ether oxygens (including phenoxy) is 1. The number of nitrogens with zero attached hydrogens (tertiary/aromatic N) is 1. The van der Waals surface area contributed by atoms with Gasteiger partial charge in [-0.1, -0.05) is 15.9 Å². The van der Waals surface area contributed by atoms with E-state index in [0.717, 1.165) is 6.07 Å². The molecular formula is C12H8BrF2N3O. The van der Waals surface area contributed by atoms with Gasteiger partial charge in [0.2, 0.25) is 11.7 Å². The van der Waals surface area contributed by atoms with Gasteiger partial charge in [0.15, 0.2) is 11.6 Å². The Bertz CT molecular complexity index is 649. The molecule has 0 radical (unpaired) electrons. The third-order valence-electron chi connectivity index (χ3n) is 2.23. The Morgan fingerprint density at radius 3 is 2.79 bits per heavy atom. The van der Waals surface area contributed by atoms with E-state index in [-0.39, 0.29) is 23.0 Å². The van der Waals surface area contributed by atoms with Crippen LogP contribution in [-0.4, -0.2) is 10.8 Å². The molecule has 1 heterocycles. The summed E-state index contributed by atoms with van der Waals surface area (Å²) >= 11 is 3.03. The zero-order valence-corrected chi connectivity index (χ0v) is 11.0. The predicted octanol–water partition coefficient (Wildman–Crippen LogP) is 3.20. The van der Waals surface area contributed by atoms with Crippen LogP contribution >= 0.6 is 15.9 Å². The first-order valence-electron chi connectivity index (χ1n) is 5.11. The van der Waals surface area contributed by atoms with Crippen molar-refractivity contribution < 1.29 is 13.5 Å². The van der Waals surface area contributed by atoms with E-state index in [2.05, 4.69) is 20.9 Å². The quantitative estimate of drug-likeness (QED) is 0.516. The van der Waals surface area contributed by atoms with Crippen molar-refractivity contribution >= 4 is 21.8 Å². The molecule has 7 heteroatoms. The minimum Gasteiger partial charge on any atom is -0.435 e. The maximum atomic E-state index is 13.6. The topological polar surface area (TPSA) is 72.0 Å². The molecule has 4 nitrogen and oxygen atoms in total. The summed E-state index contributed by atoms with van der Waals surface area (Å²) in [6.45, 7) is 0. The van der Waals surface area contributed by atoms with Crippen molar-refractivity contribution in [3.05, 3.63) is 52.1 Å². The number of benzene rings is 1. The van der Waals surface area contributed by atoms with Crippen LogP contribution in [0.3, 0.4) is 0 Å². The number of pyridine rings is 1. The van der Waals surface area contributed by atoms with Crippen LogP contribution in [0.15, 0.2) is 34.9 Å². The van der Waals surface area contributed by atoms with Gasteiger partial charge >= 0.3 is 0 Å². The van der Waals surface area contributed by atoms with E-state index in [9.17, 15) is 8.78 Å². The molecule has 2 rings (SSSR count). The van der Waals surface area contributed by atoms with Crippen LogP contribution in [0.1, 0.15) is 5.56 Å². The molecule has 0 atom stereocenters. The second-order valence-electron chi connectivity index (χ2n) is 3.57. The first-order chi connectivity index (χ1) is 8.99. The fourth-order valence-corrected chi connectivity index (χ4v) is 1.80. The van der Waals surface area contributed by atoms with E-state index in [4.69, 9.17) is 15.9 Å². The second kappa shape index (κ2) is 5.31. The van der Waals surface area contributed by atoms with Crippen LogP contribution in [0.4, 0.5) is 8.78 Å². The minimum atomic E-state index is -1.14. The number of amidine groups is 1. The maximum Gasteiger partial charge on any atom is 0.230 e. The van der Waals surface area contributed by atoms with Gasteiger partial charge in [0.05, 0.1) is 5.56 Å². The molecule has 3 N–H and O–H groups in total. The third kappa shape index (κ3) is 2.87. The van der Waals surface area contributed by atoms with Gasteiger partial charge in [-0.05, 0) is 24.3 Å². The number of hydrogen-bond acceptors (Lipinski definition) is 3. The number of nitrogens with two attached hydrogens (primary N) is 1. The standard InChI is InChI=1S/C12H8BrF2N3O/c13-6-4-8(14)10(15)9(5-6)19-12-7(11(16)17)2-1-3-18-12/h1-5H,(H3,16,17). The van der Waals surface area contributed by atoms with Gasteiger partial charge in [-0.3, -0.25) is 5.41 Å². The molecule has 0 saturated carbocycles. The van der Waals surface area contributed by atoms with Crippen LogP contribution in [0.25, 0.3) is 0 Å². The van der Waals surface area contributed by atoms with Crippen molar-refractivity contribution in [1.82, 2.24) is 4.98 Å². The molecule has 0 aliphatic rings. The van der Waals surface area contributed by atoms with Gasteiger partial charge < -0.3 is 10.5 Å². The molecule has 0 aliphatic carbocycles. The lowest BCUT2D eigenvalue weighted by molar-refractivity contribution is 0.404. The Morgan fingerprint density at radius 1 is 1.37 bits per heavy atom. The fraction of sp³-hybridized carbons (Fsp3) is 0. The lowest BCUT2D eigenvalue weighted by Crippen LogP contribution is -2.13. The summed E-state index contributed by atoms with van der Waals surface area (Å²) in [6.07, 6.45) is 1.40. The molecule has 2 aromatic rings. The Kier molecular flexibility index (Phi) is 3.75. The molecule has 0 bridgehead atoms. The summed E-state index contributed by atoms with van der Waals surface area (Å²) in [5, 5.41) is 7.36. The molecule has 0 unspecified atom stereocenters. The summed E-state index contributed by atoms with van der Waals surface area (Å²) in [4.78, 5) is 3.85. The highest BCUT2D eigenvalue weighted by atomic mass is 79.9. The van der Waals surface area contributed by atoms with Crippen molar-refractivity contribution in [2.24, 2.45) is 5.73 Å². The van der Waals surface area contributed by atoms with E-state index in [0.29, 0.717) is 4.47 Å². The van der Waals surface area contributed by atoms with E-state index < -0.39 is 11.6 Å². The van der Waals surface area contributed by atoms with Gasteiger partial charge in [-0.2, -0.15) is 4.39 Å². The number of nitrogens with one attached hydrogen (secondary N) is 1. The highest BCUT2D eigenvalue weighted by molar-refractivity contribution is 9.10. The SMILES string of the molecule is N=C(N)c1cccnc1Oc1cc(Br)cc(F)c1F. The molecule has 0 fully saturated rings. The molecule has 0 amide bonds. The molecular weight excluding hydrogens is 320 g/mol. The Labute approximate surface area is 115 Å². The third-order valence-corrected chi connectivity index (χ3v) is 2.69. The summed E-state index contributed by atoms with van der Waals surface area (Å²) in [6, 6.07) is 5.29. The van der Waals surface area contributed by atoms with Crippen LogP contribution in [0, 0.1) is 17.0 Å². The molecule has 98 valence electrons. The van der Waals surface area contributed by atoms with Crippen LogP contribution in [0.2, 0.25) is 0 Å². The second-order valence-corrected chi connectivity index (χ2v) is 4.49. The zero-order chi connectivity index (χ0) is 14.0. The lowest BCUT2D eigenvalue weighted by atomic mass is 10.2. The van der Waals surface area contributed by atoms with Crippen LogP contribution in [0.5, 0.6) is 11.6 Å². The summed E-state index contributed by atoms with van der Waals surface area (Å²) in [5.74, 6) is -2.87. The Balaban J connectivity index is 2.45. The highest BCUT2D eigenvalue weighted by Gasteiger charge is 2.15. The van der Waals surface area contributed by atoms with E-state index in [1.54, 1.807) is 6.07 Å². The number of hydrogen-bond donors (Lipinski definition) is 2. The molecule has 0 aliphatic heterocycles. The molecule has 19 heavy (non-hydrogen) atoms. The molecule has 1 aromatic carbocycles. The van der Waals surface area contributed by atoms with Gasteiger partial charge in [-0.25, -0.2) is 9.37 Å². The first kappa shape index (κ1) is 13.4. The molecule has 0 spiro atoms. The van der Waals surface area contributed by atoms with Crippen molar-refractivity contribution in [2.45, 2.75) is 0 Å². The van der Waals surface area contributed by atoms with Gasteiger partial charge in [0, 0.05) is 10.7 Å². The summed E-state index contributed by atoms with van der Waals surface area (Å²) in [5.41, 5.74) is 5.55. The first-order valence-corrected chi connectivity index (χ1v) is 5.90. The van der Waals surface area contributed by atoms with Crippen molar-refractivity contribution in [3.8, 4) is 11.6 Å². The lowest BCUT2D eigenvalue weighted by Gasteiger charge is -2.10. The monoisotopic (exact) mass is 327 g/mol. The largest absolute Gasteiger partial charge is 0.435 e. The molecule has 0 saturated heterocycles. The van der Waals surface area contributed by atoms with Crippen molar-refractivity contribution in [2.75, 3.05) is 0 Å². The number of rotatable bonds is 3. The fourth-order valence-electron chi connectivity index (χ4n) is 1.39. The van der Waals surface area contributed by atoms with Gasteiger partial charge in [0.25, 0.3) is 0 Å². The zero-order valence-electron chi connectivity index (χ0n) is 9.45. The predicted molar refractivity (Wildman–Crippen MR) is 69.4 cm³/mol. The van der Waals surface area contributed by atoms with Crippen molar-refractivity contribution in [3.63, 3.8) is 0 Å². The van der Waals surface area contributed by atoms with E-state index >= 15 is 0 Å². The van der Waals surface area contributed by atoms with E-state index in [1.165, 1.54) is 18.3 Å². The maximum absolute atomic E-state index is 13.6. The average Bonchev–Trinajstić information content (AvgIpc) is 2.35. The van der Waals surface area contributed by atoms with Crippen LogP contribution < -0.4 is 10.5 Å². The number of nitrogen functional groups attached to an aromatic ring is 1. The van der Waals surface area contributed by atoms with Gasteiger partial charge in [0.1, 0.15) is 5.84 Å². The molecule has 1 aromatic heterocycles. The number of aromatic nitrogens is 1. The average molecular weight is 328 g/mol. The summed E-state index contributed by atoms with van der Waals surface area (Å²) in [7, 11) is 0. The van der Waals surface area contributed by atoms with Crippen LogP contribution in [-0.2, 0) is 0 Å². The Hall–Kier alpha value is -2.02. The Morgan fingerprint density at radius 2 is 2.11 bits per heavy atom. The van der Waals surface area contributed by atoms with Gasteiger partial charge in [-0.15, -0.1) is 0 Å². The normalized spacial score (nSPS) is 10.3. The number of halogens is 3. The minimum absolute atomic E-state index is 0.0635. The van der Waals surface area contributed by atoms with Crippen molar-refractivity contribution in [1.29, 1.82) is 5.41 Å². The summed E-state index contributed by atoms with van der Waals surface area (Å²) < 4.78 is 32.3.